The van der Waals surface area contributed by atoms with E-state index >= 15 is 0 Å². The maximum Gasteiger partial charge on any atom is 0.263 e. The van der Waals surface area contributed by atoms with Crippen molar-refractivity contribution in [2.75, 3.05) is 5.32 Å². The Bertz CT molecular complexity index is 859. The van der Waals surface area contributed by atoms with Crippen molar-refractivity contribution in [2.24, 2.45) is 0 Å². The average Bonchev–Trinajstić information content (AvgIpc) is 2.61. The second kappa shape index (κ2) is 8.54. The minimum atomic E-state index is -0.419. The van der Waals surface area contributed by atoms with Gasteiger partial charge in [0, 0.05) is 22.7 Å². The standard InChI is InChI=1S/C21H26ClNO3/c1-6-9-17-18(20(24)12(4)13(5)26-17)21(25)23-19-14(7-2)10-16(22)11-15(19)8-3/h10-11H,6-9H2,1-5H3,(H,23,25). The highest BCUT2D eigenvalue weighted by Gasteiger charge is 2.22. The third kappa shape index (κ3) is 4.01. The normalized spacial score (nSPS) is 10.8. The van der Waals surface area contributed by atoms with Crippen LogP contribution in [0.25, 0.3) is 0 Å². The number of nitrogens with one attached hydrogen (secondary N) is 1. The van der Waals surface area contributed by atoms with Crippen molar-refractivity contribution >= 4 is 23.2 Å². The van der Waals surface area contributed by atoms with Crippen LogP contribution in [0, 0.1) is 13.8 Å². The molecule has 0 aliphatic rings. The zero-order valence-electron chi connectivity index (χ0n) is 16.1. The molecule has 5 heteroatoms. The summed E-state index contributed by atoms with van der Waals surface area (Å²) in [4.78, 5) is 25.7. The molecule has 0 saturated heterocycles. The number of aryl methyl sites for hydroxylation is 4. The molecule has 0 atom stereocenters. The van der Waals surface area contributed by atoms with E-state index in [-0.39, 0.29) is 11.0 Å². The second-order valence-electron chi connectivity index (χ2n) is 6.42. The van der Waals surface area contributed by atoms with E-state index in [0.29, 0.717) is 28.5 Å². The lowest BCUT2D eigenvalue weighted by molar-refractivity contribution is 0.102. The van der Waals surface area contributed by atoms with Crippen LogP contribution in [0.2, 0.25) is 5.02 Å². The summed E-state index contributed by atoms with van der Waals surface area (Å²) < 4.78 is 5.77. The van der Waals surface area contributed by atoms with E-state index in [4.69, 9.17) is 16.0 Å². The fraction of sp³-hybridized carbons (Fsp3) is 0.429. The Kier molecular flexibility index (Phi) is 6.65. The van der Waals surface area contributed by atoms with E-state index in [9.17, 15) is 9.59 Å². The van der Waals surface area contributed by atoms with Gasteiger partial charge in [0.05, 0.1) is 0 Å². The predicted molar refractivity (Wildman–Crippen MR) is 107 cm³/mol. The Morgan fingerprint density at radius 2 is 1.69 bits per heavy atom. The number of anilines is 1. The third-order valence-corrected chi connectivity index (χ3v) is 4.84. The van der Waals surface area contributed by atoms with Crippen LogP contribution in [0.4, 0.5) is 5.69 Å². The van der Waals surface area contributed by atoms with E-state index in [1.165, 1.54) is 0 Å². The molecular formula is C21H26ClNO3. The van der Waals surface area contributed by atoms with E-state index in [0.717, 1.165) is 36.1 Å². The Hall–Kier alpha value is -2.07. The lowest BCUT2D eigenvalue weighted by Crippen LogP contribution is -2.26. The van der Waals surface area contributed by atoms with Crippen LogP contribution in [0.5, 0.6) is 0 Å². The molecule has 2 aromatic rings. The summed E-state index contributed by atoms with van der Waals surface area (Å²) in [5.74, 6) is 0.588. The molecule has 0 aliphatic heterocycles. The Morgan fingerprint density at radius 1 is 1.12 bits per heavy atom. The predicted octanol–water partition coefficient (Wildman–Crippen LogP) is 5.24. The van der Waals surface area contributed by atoms with Gasteiger partial charge in [-0.05, 0) is 56.4 Å². The molecule has 4 nitrogen and oxygen atoms in total. The Balaban J connectivity index is 2.56. The molecule has 0 radical (unpaired) electrons. The molecule has 1 aromatic carbocycles. The van der Waals surface area contributed by atoms with Gasteiger partial charge in [0.2, 0.25) is 5.43 Å². The van der Waals surface area contributed by atoms with Crippen LogP contribution in [-0.2, 0) is 19.3 Å². The van der Waals surface area contributed by atoms with Crippen molar-refractivity contribution in [3.63, 3.8) is 0 Å². The molecule has 0 spiro atoms. The molecule has 0 saturated carbocycles. The first kappa shape index (κ1) is 20.2. The molecule has 0 aliphatic carbocycles. The zero-order chi connectivity index (χ0) is 19.4. The number of hydrogen-bond acceptors (Lipinski definition) is 3. The quantitative estimate of drug-likeness (QED) is 0.751. The number of carbonyl (C=O) groups excluding carboxylic acids is 1. The second-order valence-corrected chi connectivity index (χ2v) is 6.86. The van der Waals surface area contributed by atoms with Gasteiger partial charge >= 0.3 is 0 Å². The summed E-state index contributed by atoms with van der Waals surface area (Å²) in [6.07, 6.45) is 2.78. The molecule has 0 bridgehead atoms. The molecule has 1 amide bonds. The molecular weight excluding hydrogens is 350 g/mol. The van der Waals surface area contributed by atoms with Gasteiger partial charge in [-0.25, -0.2) is 0 Å². The SMILES string of the molecule is CCCc1oc(C)c(C)c(=O)c1C(=O)Nc1c(CC)cc(Cl)cc1CC. The number of halogens is 1. The fourth-order valence-corrected chi connectivity index (χ4v) is 3.30. The monoisotopic (exact) mass is 375 g/mol. The van der Waals surface area contributed by atoms with Crippen LogP contribution < -0.4 is 10.7 Å². The van der Waals surface area contributed by atoms with E-state index in [1.54, 1.807) is 13.8 Å². The number of hydrogen-bond donors (Lipinski definition) is 1. The highest BCUT2D eigenvalue weighted by molar-refractivity contribution is 6.30. The summed E-state index contributed by atoms with van der Waals surface area (Å²) in [5, 5.41) is 3.60. The highest BCUT2D eigenvalue weighted by atomic mass is 35.5. The highest BCUT2D eigenvalue weighted by Crippen LogP contribution is 2.28. The number of rotatable bonds is 6. The van der Waals surface area contributed by atoms with E-state index in [2.05, 4.69) is 5.32 Å². The Labute approximate surface area is 159 Å². The molecule has 0 fully saturated rings. The lowest BCUT2D eigenvalue weighted by atomic mass is 10.0. The first-order valence-corrected chi connectivity index (χ1v) is 9.47. The fourth-order valence-electron chi connectivity index (χ4n) is 3.04. The molecule has 1 N–H and O–H groups in total. The van der Waals surface area contributed by atoms with Gasteiger partial charge in [0.15, 0.2) is 0 Å². The van der Waals surface area contributed by atoms with Gasteiger partial charge in [-0.15, -0.1) is 0 Å². The van der Waals surface area contributed by atoms with E-state index < -0.39 is 5.91 Å². The molecule has 1 aromatic heterocycles. The van der Waals surface area contributed by atoms with E-state index in [1.807, 2.05) is 32.9 Å². The van der Waals surface area contributed by atoms with Crippen molar-refractivity contribution in [2.45, 2.75) is 60.3 Å². The van der Waals surface area contributed by atoms with Crippen molar-refractivity contribution in [3.05, 3.63) is 61.2 Å². The van der Waals surface area contributed by atoms with Crippen LogP contribution >= 0.6 is 11.6 Å². The first-order chi connectivity index (χ1) is 12.3. The molecule has 0 unspecified atom stereocenters. The molecule has 1 heterocycles. The van der Waals surface area contributed by atoms with Crippen LogP contribution in [0.1, 0.15) is 65.8 Å². The number of benzene rings is 1. The van der Waals surface area contributed by atoms with Gasteiger partial charge in [0.1, 0.15) is 17.1 Å². The minimum Gasteiger partial charge on any atom is -0.465 e. The topological polar surface area (TPSA) is 59.3 Å². The van der Waals surface area contributed by atoms with Crippen molar-refractivity contribution in [1.82, 2.24) is 0 Å². The van der Waals surface area contributed by atoms with Crippen LogP contribution in [-0.4, -0.2) is 5.91 Å². The van der Waals surface area contributed by atoms with Gasteiger partial charge in [-0.2, -0.15) is 0 Å². The van der Waals surface area contributed by atoms with Gasteiger partial charge < -0.3 is 9.73 Å². The summed E-state index contributed by atoms with van der Waals surface area (Å²) in [5.41, 5.74) is 2.96. The first-order valence-electron chi connectivity index (χ1n) is 9.09. The summed E-state index contributed by atoms with van der Waals surface area (Å²) in [6.45, 7) is 9.44. The smallest absolute Gasteiger partial charge is 0.263 e. The van der Waals surface area contributed by atoms with Crippen molar-refractivity contribution in [1.29, 1.82) is 0 Å². The largest absolute Gasteiger partial charge is 0.465 e. The average molecular weight is 376 g/mol. The lowest BCUT2D eigenvalue weighted by Gasteiger charge is -2.16. The number of carbonyl (C=O) groups is 1. The van der Waals surface area contributed by atoms with Crippen LogP contribution in [0.15, 0.2) is 21.3 Å². The maximum absolute atomic E-state index is 13.0. The Morgan fingerprint density at radius 3 is 2.19 bits per heavy atom. The summed E-state index contributed by atoms with van der Waals surface area (Å²) in [7, 11) is 0. The van der Waals surface area contributed by atoms with Gasteiger partial charge in [-0.3, -0.25) is 9.59 Å². The summed E-state index contributed by atoms with van der Waals surface area (Å²) in [6, 6.07) is 3.71. The third-order valence-electron chi connectivity index (χ3n) is 4.62. The van der Waals surface area contributed by atoms with Crippen molar-refractivity contribution < 1.29 is 9.21 Å². The van der Waals surface area contributed by atoms with Crippen LogP contribution in [0.3, 0.4) is 0 Å². The molecule has 2 rings (SSSR count). The van der Waals surface area contributed by atoms with Gasteiger partial charge in [0.25, 0.3) is 5.91 Å². The number of amides is 1. The molecule has 140 valence electrons. The summed E-state index contributed by atoms with van der Waals surface area (Å²) >= 11 is 6.19. The molecule has 26 heavy (non-hydrogen) atoms. The van der Waals surface area contributed by atoms with Gasteiger partial charge in [-0.1, -0.05) is 32.4 Å². The van der Waals surface area contributed by atoms with Crippen molar-refractivity contribution in [3.8, 4) is 0 Å². The zero-order valence-corrected chi connectivity index (χ0v) is 16.8. The maximum atomic E-state index is 13.0. The minimum absolute atomic E-state index is 0.106.